The molecule has 1 heterocycles. The maximum absolute atomic E-state index is 6.47. The van der Waals surface area contributed by atoms with Gasteiger partial charge in [-0.05, 0) is 114 Å². The van der Waals surface area contributed by atoms with Crippen LogP contribution in [0, 0.1) is 0 Å². The lowest BCUT2D eigenvalue weighted by molar-refractivity contribution is 0.669. The summed E-state index contributed by atoms with van der Waals surface area (Å²) >= 11 is 0. The Bertz CT molecular complexity index is 3550. The zero-order valence-electron chi connectivity index (χ0n) is 33.9. The van der Waals surface area contributed by atoms with E-state index in [-0.39, 0.29) is 0 Å². The van der Waals surface area contributed by atoms with Crippen molar-refractivity contribution in [1.29, 1.82) is 0 Å². The number of furan rings is 1. The normalized spacial score (nSPS) is 12.2. The van der Waals surface area contributed by atoms with Gasteiger partial charge in [0.25, 0.3) is 0 Å². The Hall–Kier alpha value is -8.21. The van der Waals surface area contributed by atoms with Crippen molar-refractivity contribution in [2.75, 3.05) is 0 Å². The third-order valence-corrected chi connectivity index (χ3v) is 11.8. The summed E-state index contributed by atoms with van der Waals surface area (Å²) in [6, 6.07) is 74.6. The number of amidine groups is 2. The minimum atomic E-state index is 0.452. The molecule has 0 fully saturated rings. The molecule has 0 radical (unpaired) electrons. The molecule has 0 spiro atoms. The van der Waals surface area contributed by atoms with Crippen LogP contribution in [-0.2, 0) is 6.54 Å². The topological polar surface area (TPSA) is 50.2 Å². The molecule has 0 aliphatic heterocycles. The second-order valence-electron chi connectivity index (χ2n) is 15.7. The fourth-order valence-corrected chi connectivity index (χ4v) is 8.68. The average Bonchev–Trinajstić information content (AvgIpc) is 3.72. The van der Waals surface area contributed by atoms with Gasteiger partial charge in [-0.3, -0.25) is 4.99 Å². The van der Waals surface area contributed by atoms with Gasteiger partial charge in [0.2, 0.25) is 0 Å². The summed E-state index contributed by atoms with van der Waals surface area (Å²) < 4.78 is 6.47. The SMILES string of the molecule is C=NC(=NC(=NCc1ccc2c(ccc3ccccc32)c1)c1ccc2ccc(-c3cccc4oc5ccc(-c6ccc(-c7ccccc7)cc6)cc5c34)cc2c1)c1ccccc1. The van der Waals surface area contributed by atoms with Crippen molar-refractivity contribution in [1.82, 2.24) is 0 Å². The first kappa shape index (κ1) is 36.8. The molecular formula is C58H39N3O. The molecule has 0 saturated carbocycles. The number of benzene rings is 10. The Kier molecular flexibility index (Phi) is 9.36. The van der Waals surface area contributed by atoms with E-state index in [1.54, 1.807) is 0 Å². The second-order valence-corrected chi connectivity index (χ2v) is 15.7. The lowest BCUT2D eigenvalue weighted by atomic mass is 9.95. The minimum absolute atomic E-state index is 0.452. The highest BCUT2D eigenvalue weighted by molar-refractivity contribution is 6.15. The molecule has 4 heteroatoms. The summed E-state index contributed by atoms with van der Waals surface area (Å²) in [6.07, 6.45) is 0. The van der Waals surface area contributed by atoms with Crippen molar-refractivity contribution in [2.45, 2.75) is 6.54 Å². The Morgan fingerprint density at radius 1 is 0.403 bits per heavy atom. The summed E-state index contributed by atoms with van der Waals surface area (Å²) in [6.45, 7) is 4.34. The summed E-state index contributed by atoms with van der Waals surface area (Å²) in [4.78, 5) is 14.6. The van der Waals surface area contributed by atoms with Gasteiger partial charge in [-0.1, -0.05) is 176 Å². The first-order valence-electron chi connectivity index (χ1n) is 20.9. The highest BCUT2D eigenvalue weighted by Crippen LogP contribution is 2.39. The van der Waals surface area contributed by atoms with E-state index >= 15 is 0 Å². The molecule has 1 aromatic heterocycles. The average molecular weight is 794 g/mol. The van der Waals surface area contributed by atoms with Gasteiger partial charge >= 0.3 is 0 Å². The van der Waals surface area contributed by atoms with E-state index in [9.17, 15) is 0 Å². The second kappa shape index (κ2) is 15.8. The number of fused-ring (bicyclic) bond motifs is 7. The standard InChI is InChI=1S/C58H39N3O/c1-59-57(44-14-6-3-7-15-44)61-58(60-37-38-19-31-51-46(33-38)28-26-43-13-8-9-16-50(43)51)48-29-25-42-24-27-47(34-49(42)35-48)52-17-10-18-55-56(52)53-36-45(30-32-54(53)62-55)41-22-20-40(21-23-41)39-11-4-2-5-12-39/h2-36H,1,37H2. The monoisotopic (exact) mass is 793 g/mol. The molecule has 0 aliphatic rings. The molecule has 0 N–H and O–H groups in total. The van der Waals surface area contributed by atoms with Crippen LogP contribution in [0.5, 0.6) is 0 Å². The van der Waals surface area contributed by atoms with Crippen LogP contribution < -0.4 is 0 Å². The smallest absolute Gasteiger partial charge is 0.161 e. The van der Waals surface area contributed by atoms with Crippen LogP contribution in [0.25, 0.3) is 87.6 Å². The van der Waals surface area contributed by atoms with E-state index in [0.29, 0.717) is 18.2 Å². The summed E-state index contributed by atoms with van der Waals surface area (Å²) in [5.74, 6) is 1.11. The Balaban J connectivity index is 0.982. The molecule has 11 rings (SSSR count). The van der Waals surface area contributed by atoms with Gasteiger partial charge in [-0.25, -0.2) is 9.98 Å². The van der Waals surface area contributed by atoms with Crippen molar-refractivity contribution in [3.05, 3.63) is 229 Å². The summed E-state index contributed by atoms with van der Waals surface area (Å²) in [5, 5.41) is 9.29. The maximum Gasteiger partial charge on any atom is 0.161 e. The van der Waals surface area contributed by atoms with Gasteiger partial charge in [-0.15, -0.1) is 0 Å². The number of rotatable bonds is 7. The molecule has 62 heavy (non-hydrogen) atoms. The Labute approximate surface area is 359 Å². The maximum atomic E-state index is 6.47. The summed E-state index contributed by atoms with van der Waals surface area (Å²) in [5.41, 5.74) is 11.5. The van der Waals surface area contributed by atoms with Gasteiger partial charge in [0.15, 0.2) is 11.7 Å². The van der Waals surface area contributed by atoms with E-state index in [4.69, 9.17) is 14.4 Å². The van der Waals surface area contributed by atoms with Crippen molar-refractivity contribution in [2.24, 2.45) is 15.0 Å². The van der Waals surface area contributed by atoms with Crippen molar-refractivity contribution >= 4 is 72.6 Å². The molecule has 0 saturated heterocycles. The Morgan fingerprint density at radius 3 is 1.92 bits per heavy atom. The molecule has 0 unspecified atom stereocenters. The van der Waals surface area contributed by atoms with Gasteiger partial charge in [0.1, 0.15) is 11.2 Å². The third-order valence-electron chi connectivity index (χ3n) is 11.8. The Morgan fingerprint density at radius 2 is 1.08 bits per heavy atom. The highest BCUT2D eigenvalue weighted by Gasteiger charge is 2.15. The predicted molar refractivity (Wildman–Crippen MR) is 262 cm³/mol. The van der Waals surface area contributed by atoms with Gasteiger partial charge in [-0.2, -0.15) is 0 Å². The van der Waals surface area contributed by atoms with Crippen molar-refractivity contribution < 1.29 is 4.42 Å². The van der Waals surface area contributed by atoms with E-state index in [1.165, 1.54) is 32.7 Å². The molecule has 11 aromatic rings. The van der Waals surface area contributed by atoms with E-state index < -0.39 is 0 Å². The van der Waals surface area contributed by atoms with Crippen LogP contribution in [0.4, 0.5) is 0 Å². The van der Waals surface area contributed by atoms with Crippen LogP contribution in [-0.4, -0.2) is 18.4 Å². The number of aliphatic imine (C=N–C) groups is 3. The zero-order chi connectivity index (χ0) is 41.4. The molecule has 10 aromatic carbocycles. The largest absolute Gasteiger partial charge is 0.456 e. The lowest BCUT2D eigenvalue weighted by Gasteiger charge is -2.10. The predicted octanol–water partition coefficient (Wildman–Crippen LogP) is 15.1. The minimum Gasteiger partial charge on any atom is -0.456 e. The summed E-state index contributed by atoms with van der Waals surface area (Å²) in [7, 11) is 0. The number of nitrogens with zero attached hydrogens (tertiary/aromatic N) is 3. The van der Waals surface area contributed by atoms with Gasteiger partial charge in [0, 0.05) is 21.9 Å². The van der Waals surface area contributed by atoms with E-state index in [0.717, 1.165) is 71.7 Å². The van der Waals surface area contributed by atoms with Crippen LogP contribution in [0.2, 0.25) is 0 Å². The van der Waals surface area contributed by atoms with E-state index in [2.05, 4.69) is 188 Å². The number of hydrogen-bond donors (Lipinski definition) is 0. The fourth-order valence-electron chi connectivity index (χ4n) is 8.68. The van der Waals surface area contributed by atoms with Crippen molar-refractivity contribution in [3.8, 4) is 33.4 Å². The fraction of sp³-hybridized carbons (Fsp3) is 0.0172. The van der Waals surface area contributed by atoms with Gasteiger partial charge in [0.05, 0.1) is 6.54 Å². The molecule has 0 aliphatic carbocycles. The first-order valence-corrected chi connectivity index (χ1v) is 20.9. The van der Waals surface area contributed by atoms with Crippen LogP contribution in [0.15, 0.2) is 232 Å². The van der Waals surface area contributed by atoms with Crippen LogP contribution >= 0.6 is 0 Å². The first-order chi connectivity index (χ1) is 30.6. The van der Waals surface area contributed by atoms with Crippen molar-refractivity contribution in [3.63, 3.8) is 0 Å². The molecule has 4 nitrogen and oxygen atoms in total. The molecule has 292 valence electrons. The lowest BCUT2D eigenvalue weighted by Crippen LogP contribution is -2.05. The zero-order valence-corrected chi connectivity index (χ0v) is 33.9. The van der Waals surface area contributed by atoms with Crippen LogP contribution in [0.1, 0.15) is 16.7 Å². The quantitative estimate of drug-likeness (QED) is 0.0901. The number of hydrogen-bond acceptors (Lipinski definition) is 2. The van der Waals surface area contributed by atoms with E-state index in [1.807, 2.05) is 36.4 Å². The highest BCUT2D eigenvalue weighted by atomic mass is 16.3. The van der Waals surface area contributed by atoms with Gasteiger partial charge < -0.3 is 4.42 Å². The molecular weight excluding hydrogens is 755 g/mol. The molecule has 0 amide bonds. The van der Waals surface area contributed by atoms with Crippen LogP contribution in [0.3, 0.4) is 0 Å². The molecule has 0 bridgehead atoms. The third kappa shape index (κ3) is 6.94. The molecule has 0 atom stereocenters.